The van der Waals surface area contributed by atoms with E-state index in [0.29, 0.717) is 5.69 Å². The Hall–Kier alpha value is -1.06. The summed E-state index contributed by atoms with van der Waals surface area (Å²) in [4.78, 5) is 10.9. The molecule has 0 aliphatic carbocycles. The van der Waals surface area contributed by atoms with Gasteiger partial charge < -0.3 is 0 Å². The van der Waals surface area contributed by atoms with Gasteiger partial charge in [-0.25, -0.2) is 10.3 Å². The fraction of sp³-hybridized carbons (Fsp3) is 0.667. The minimum Gasteiger partial charge on any atom is -0.266 e. The second kappa shape index (κ2) is 1.97. The van der Waals surface area contributed by atoms with Crippen LogP contribution < -0.4 is 5.56 Å². The number of hydrogen-bond donors (Lipinski definition) is 2. The van der Waals surface area contributed by atoms with Gasteiger partial charge in [-0.2, -0.15) is 5.10 Å². The summed E-state index contributed by atoms with van der Waals surface area (Å²) in [5, 5.41) is 8.59. The molecule has 1 aromatic rings. The molecular formula is C6H11N3O. The van der Waals surface area contributed by atoms with Crippen LogP contribution in [0.2, 0.25) is 0 Å². The zero-order valence-electron chi connectivity index (χ0n) is 6.36. The van der Waals surface area contributed by atoms with Crippen molar-refractivity contribution in [3.63, 3.8) is 0 Å². The summed E-state index contributed by atoms with van der Waals surface area (Å²) in [6.45, 7) is 5.83. The highest BCUT2D eigenvalue weighted by molar-refractivity contribution is 5.05. The molecule has 0 radical (unpaired) electrons. The van der Waals surface area contributed by atoms with Crippen LogP contribution in [0, 0.1) is 0 Å². The van der Waals surface area contributed by atoms with E-state index in [4.69, 9.17) is 0 Å². The molecule has 0 aromatic carbocycles. The van der Waals surface area contributed by atoms with Crippen LogP contribution in [0.1, 0.15) is 26.5 Å². The Morgan fingerprint density at radius 2 is 2.00 bits per heavy atom. The van der Waals surface area contributed by atoms with Crippen LogP contribution in [0.15, 0.2) is 4.79 Å². The normalized spacial score (nSPS) is 11.9. The predicted octanol–water partition coefficient (Wildman–Crippen LogP) is 0.396. The standard InChI is InChI=1S/C6H11N3O/c1-6(2,3)4-5(10)8-9-7-4/h1-3H3,(H2,7,8,9,10). The number of aromatic nitrogens is 3. The number of nitrogens with zero attached hydrogens (tertiary/aromatic N) is 1. The summed E-state index contributed by atoms with van der Waals surface area (Å²) in [6.07, 6.45) is 0. The number of nitrogens with one attached hydrogen (secondary N) is 2. The van der Waals surface area contributed by atoms with Crippen LogP contribution in [0.4, 0.5) is 0 Å². The van der Waals surface area contributed by atoms with Crippen molar-refractivity contribution in [1.29, 1.82) is 0 Å². The van der Waals surface area contributed by atoms with Gasteiger partial charge in [-0.15, -0.1) is 0 Å². The molecule has 0 saturated heterocycles. The summed E-state index contributed by atoms with van der Waals surface area (Å²) >= 11 is 0. The van der Waals surface area contributed by atoms with Crippen molar-refractivity contribution in [3.05, 3.63) is 16.0 Å². The molecule has 4 nitrogen and oxygen atoms in total. The maximum atomic E-state index is 10.9. The first-order valence-electron chi connectivity index (χ1n) is 3.15. The largest absolute Gasteiger partial charge is 0.287 e. The smallest absolute Gasteiger partial charge is 0.266 e. The van der Waals surface area contributed by atoms with Crippen molar-refractivity contribution in [2.45, 2.75) is 26.2 Å². The Balaban J connectivity index is 3.18. The van der Waals surface area contributed by atoms with Crippen molar-refractivity contribution in [2.75, 3.05) is 0 Å². The number of H-pyrrole nitrogens is 2. The van der Waals surface area contributed by atoms with Crippen molar-refractivity contribution in [1.82, 2.24) is 15.4 Å². The van der Waals surface area contributed by atoms with E-state index in [1.54, 1.807) is 0 Å². The first kappa shape index (κ1) is 7.05. The molecule has 1 heterocycles. The van der Waals surface area contributed by atoms with Gasteiger partial charge in [0, 0.05) is 5.41 Å². The van der Waals surface area contributed by atoms with E-state index >= 15 is 0 Å². The van der Waals surface area contributed by atoms with Crippen LogP contribution in [0.25, 0.3) is 0 Å². The average Bonchev–Trinajstić information content (AvgIpc) is 2.11. The maximum absolute atomic E-state index is 10.9. The lowest BCUT2D eigenvalue weighted by atomic mass is 9.93. The monoisotopic (exact) mass is 141 g/mol. The second-order valence-electron chi connectivity index (χ2n) is 3.28. The lowest BCUT2D eigenvalue weighted by molar-refractivity contribution is 0.562. The minimum absolute atomic E-state index is 0.132. The van der Waals surface area contributed by atoms with E-state index in [1.165, 1.54) is 0 Å². The first-order valence-corrected chi connectivity index (χ1v) is 3.15. The quantitative estimate of drug-likeness (QED) is 0.549. The lowest BCUT2D eigenvalue weighted by Crippen LogP contribution is -2.21. The molecule has 0 spiro atoms. The van der Waals surface area contributed by atoms with Gasteiger partial charge in [-0.05, 0) is 0 Å². The highest BCUT2D eigenvalue weighted by Crippen LogP contribution is 2.14. The topological polar surface area (TPSA) is 61.5 Å². The summed E-state index contributed by atoms with van der Waals surface area (Å²) in [5.74, 6) is 0. The first-order chi connectivity index (χ1) is 4.52. The minimum atomic E-state index is -0.173. The highest BCUT2D eigenvalue weighted by Gasteiger charge is 2.19. The fourth-order valence-electron chi connectivity index (χ4n) is 0.753. The molecule has 1 aromatic heterocycles. The van der Waals surface area contributed by atoms with E-state index < -0.39 is 0 Å². The maximum Gasteiger partial charge on any atom is 0.287 e. The van der Waals surface area contributed by atoms with Gasteiger partial charge in [0.1, 0.15) is 5.69 Å². The molecule has 4 heteroatoms. The predicted molar refractivity (Wildman–Crippen MR) is 37.9 cm³/mol. The summed E-state index contributed by atoms with van der Waals surface area (Å²) < 4.78 is 0. The van der Waals surface area contributed by atoms with Gasteiger partial charge in [0.25, 0.3) is 5.56 Å². The Kier molecular flexibility index (Phi) is 1.39. The molecule has 0 fully saturated rings. The zero-order valence-corrected chi connectivity index (χ0v) is 6.36. The molecule has 0 aliphatic heterocycles. The fourth-order valence-corrected chi connectivity index (χ4v) is 0.753. The van der Waals surface area contributed by atoms with Crippen molar-refractivity contribution < 1.29 is 0 Å². The van der Waals surface area contributed by atoms with E-state index in [9.17, 15) is 4.79 Å². The molecule has 10 heavy (non-hydrogen) atoms. The van der Waals surface area contributed by atoms with Crippen LogP contribution in [-0.2, 0) is 5.41 Å². The van der Waals surface area contributed by atoms with Crippen molar-refractivity contribution in [2.24, 2.45) is 0 Å². The van der Waals surface area contributed by atoms with E-state index in [1.807, 2.05) is 20.8 Å². The molecule has 0 unspecified atom stereocenters. The SMILES string of the molecule is CC(C)(C)c1n[nH][nH]c1=O. The van der Waals surface area contributed by atoms with E-state index in [0.717, 1.165) is 0 Å². The Labute approximate surface area is 58.6 Å². The Morgan fingerprint density at radius 3 is 2.20 bits per heavy atom. The number of aromatic amines is 2. The molecule has 0 bridgehead atoms. The summed E-state index contributed by atoms with van der Waals surface area (Å²) in [7, 11) is 0. The molecule has 1 rings (SSSR count). The summed E-state index contributed by atoms with van der Waals surface area (Å²) in [5.41, 5.74) is 0.244. The van der Waals surface area contributed by atoms with Gasteiger partial charge in [0.2, 0.25) is 0 Å². The lowest BCUT2D eigenvalue weighted by Gasteiger charge is -2.11. The molecular weight excluding hydrogens is 130 g/mol. The van der Waals surface area contributed by atoms with E-state index in [-0.39, 0.29) is 11.0 Å². The number of hydrogen-bond acceptors (Lipinski definition) is 2. The summed E-state index contributed by atoms with van der Waals surface area (Å²) in [6, 6.07) is 0. The third-order valence-electron chi connectivity index (χ3n) is 1.26. The number of rotatable bonds is 0. The van der Waals surface area contributed by atoms with Crippen LogP contribution in [0.5, 0.6) is 0 Å². The van der Waals surface area contributed by atoms with Gasteiger partial charge in [0.15, 0.2) is 0 Å². The van der Waals surface area contributed by atoms with Crippen molar-refractivity contribution >= 4 is 0 Å². The van der Waals surface area contributed by atoms with Crippen LogP contribution in [0.3, 0.4) is 0 Å². The molecule has 0 atom stereocenters. The molecule has 0 saturated carbocycles. The second-order valence-corrected chi connectivity index (χ2v) is 3.28. The molecule has 0 amide bonds. The average molecular weight is 141 g/mol. The van der Waals surface area contributed by atoms with Gasteiger partial charge >= 0.3 is 0 Å². The van der Waals surface area contributed by atoms with Gasteiger partial charge in [0.05, 0.1) is 0 Å². The van der Waals surface area contributed by atoms with Gasteiger partial charge in [-0.1, -0.05) is 20.8 Å². The molecule has 0 aliphatic rings. The molecule has 56 valence electrons. The van der Waals surface area contributed by atoms with Gasteiger partial charge in [-0.3, -0.25) is 4.79 Å². The third kappa shape index (κ3) is 1.10. The van der Waals surface area contributed by atoms with Crippen molar-refractivity contribution in [3.8, 4) is 0 Å². The van der Waals surface area contributed by atoms with Crippen LogP contribution >= 0.6 is 0 Å². The molecule has 2 N–H and O–H groups in total. The third-order valence-corrected chi connectivity index (χ3v) is 1.26. The Morgan fingerprint density at radius 1 is 1.40 bits per heavy atom. The van der Waals surface area contributed by atoms with E-state index in [2.05, 4.69) is 15.4 Å². The highest BCUT2D eigenvalue weighted by atomic mass is 16.1. The Bertz CT molecular complexity index is 265. The zero-order chi connectivity index (χ0) is 7.78. The van der Waals surface area contributed by atoms with Crippen LogP contribution in [-0.4, -0.2) is 15.4 Å².